The van der Waals surface area contributed by atoms with Crippen molar-refractivity contribution >= 4 is 5.91 Å². The third-order valence-corrected chi connectivity index (χ3v) is 5.57. The maximum atomic E-state index is 13.8. The lowest BCUT2D eigenvalue weighted by Gasteiger charge is -2.42. The molecule has 1 amide bonds. The van der Waals surface area contributed by atoms with Gasteiger partial charge in [-0.1, -0.05) is 58.3 Å². The molecule has 0 aliphatic rings. The van der Waals surface area contributed by atoms with E-state index in [2.05, 4.69) is 0 Å². The Morgan fingerprint density at radius 1 is 0.462 bits per heavy atom. The Hall–Kier alpha value is -1.72. The van der Waals surface area contributed by atoms with E-state index in [4.69, 9.17) is 0 Å². The molecule has 0 saturated heterocycles. The molecule has 0 atom stereocenters. The van der Waals surface area contributed by atoms with Crippen molar-refractivity contribution in [3.05, 3.63) is 0 Å². The molecule has 0 saturated carbocycles. The number of alkyl halides is 17. The van der Waals surface area contributed by atoms with Gasteiger partial charge in [0, 0.05) is 6.54 Å². The van der Waals surface area contributed by atoms with Gasteiger partial charge in [0.15, 0.2) is 0 Å². The van der Waals surface area contributed by atoms with Gasteiger partial charge in [-0.3, -0.25) is 4.79 Å². The van der Waals surface area contributed by atoms with Crippen molar-refractivity contribution < 1.29 is 79.4 Å². The van der Waals surface area contributed by atoms with Crippen LogP contribution in [0.1, 0.15) is 64.7 Å². The highest BCUT2D eigenvalue weighted by Gasteiger charge is 2.95. The molecule has 0 fully saturated rings. The standard InChI is InChI=1S/C20H24F17NO/c1-2-3-4-5-6-7-8-9-10-11-38-12(39)13(21,22)14(23,24)15(25,26)16(27,28)17(29,30)18(31,32)19(33,34)20(35,36)37/h2-11H2,1H3,(H,38,39). The van der Waals surface area contributed by atoms with Gasteiger partial charge in [-0.2, -0.15) is 74.6 Å². The molecule has 19 heteroatoms. The summed E-state index contributed by atoms with van der Waals surface area (Å²) in [5.74, 6) is -61.2. The van der Waals surface area contributed by atoms with E-state index in [-0.39, 0.29) is 12.8 Å². The summed E-state index contributed by atoms with van der Waals surface area (Å²) >= 11 is 0. The minimum atomic E-state index is -8.71. The molecule has 1 N–H and O–H groups in total. The predicted molar refractivity (Wildman–Crippen MR) is 101 cm³/mol. The van der Waals surface area contributed by atoms with E-state index in [1.54, 1.807) is 0 Å². The third kappa shape index (κ3) is 6.78. The summed E-state index contributed by atoms with van der Waals surface area (Å²) in [6, 6.07) is 0. The summed E-state index contributed by atoms with van der Waals surface area (Å²) in [5, 5.41) is 0.933. The van der Waals surface area contributed by atoms with Crippen LogP contribution in [-0.2, 0) is 4.79 Å². The second kappa shape index (κ2) is 12.4. The van der Waals surface area contributed by atoms with E-state index in [9.17, 15) is 79.4 Å². The van der Waals surface area contributed by atoms with Gasteiger partial charge in [-0.25, -0.2) is 0 Å². The number of unbranched alkanes of at least 4 members (excludes halogenated alkanes) is 8. The zero-order valence-electron chi connectivity index (χ0n) is 19.9. The lowest BCUT2D eigenvalue weighted by Crippen LogP contribution is -2.75. The quantitative estimate of drug-likeness (QED) is 0.129. The largest absolute Gasteiger partial charge is 0.460 e. The van der Waals surface area contributed by atoms with Gasteiger partial charge in [-0.05, 0) is 6.42 Å². The SMILES string of the molecule is CCCCCCCCCCCNC(=O)C(F)(F)C(F)(F)C(F)(F)C(F)(F)C(F)(F)C(F)(F)C(F)(F)C(F)(F)F. The van der Waals surface area contributed by atoms with Crippen molar-refractivity contribution in [2.45, 2.75) is 112 Å². The molecular formula is C20H24F17NO. The molecule has 2 nitrogen and oxygen atoms in total. The monoisotopic (exact) mass is 617 g/mol. The summed E-state index contributed by atoms with van der Waals surface area (Å²) in [6.45, 7) is 1.02. The summed E-state index contributed by atoms with van der Waals surface area (Å²) in [6.07, 6.45) is -2.32. The molecule has 0 bridgehead atoms. The van der Waals surface area contributed by atoms with E-state index >= 15 is 0 Å². The van der Waals surface area contributed by atoms with Crippen molar-refractivity contribution in [1.82, 2.24) is 5.32 Å². The Kier molecular flexibility index (Phi) is 11.9. The van der Waals surface area contributed by atoms with E-state index in [1.807, 2.05) is 6.92 Å². The van der Waals surface area contributed by atoms with Crippen LogP contribution in [0.5, 0.6) is 0 Å². The normalized spacial score (nSPS) is 15.0. The first-order valence-electron chi connectivity index (χ1n) is 11.2. The smallest absolute Gasteiger partial charge is 0.351 e. The van der Waals surface area contributed by atoms with Crippen LogP contribution in [0.25, 0.3) is 0 Å². The van der Waals surface area contributed by atoms with Gasteiger partial charge in [0.25, 0.3) is 5.91 Å². The summed E-state index contributed by atoms with van der Waals surface area (Å²) < 4.78 is 224. The molecule has 0 aromatic carbocycles. The molecule has 0 spiro atoms. The minimum Gasteiger partial charge on any atom is -0.351 e. The first kappa shape index (κ1) is 37.3. The first-order chi connectivity index (χ1) is 17.2. The zero-order chi connectivity index (χ0) is 31.4. The molecule has 0 unspecified atom stereocenters. The van der Waals surface area contributed by atoms with Crippen LogP contribution in [0, 0.1) is 0 Å². The number of carbonyl (C=O) groups is 1. The maximum Gasteiger partial charge on any atom is 0.460 e. The van der Waals surface area contributed by atoms with E-state index in [0.717, 1.165) is 37.4 Å². The fraction of sp³-hybridized carbons (Fsp3) is 0.950. The van der Waals surface area contributed by atoms with Crippen LogP contribution in [0.2, 0.25) is 0 Å². The fourth-order valence-corrected chi connectivity index (χ4v) is 3.06. The van der Waals surface area contributed by atoms with Crippen molar-refractivity contribution in [2.75, 3.05) is 6.54 Å². The average molecular weight is 617 g/mol. The summed E-state index contributed by atoms with van der Waals surface area (Å²) in [4.78, 5) is 11.3. The summed E-state index contributed by atoms with van der Waals surface area (Å²) in [7, 11) is 0. The lowest BCUT2D eigenvalue weighted by atomic mass is 9.89. The van der Waals surface area contributed by atoms with Crippen LogP contribution < -0.4 is 5.32 Å². The van der Waals surface area contributed by atoms with Gasteiger partial charge < -0.3 is 5.32 Å². The molecule has 0 radical (unpaired) electrons. The van der Waals surface area contributed by atoms with Gasteiger partial charge in [0.1, 0.15) is 0 Å². The van der Waals surface area contributed by atoms with Crippen molar-refractivity contribution in [3.63, 3.8) is 0 Å². The molecular weight excluding hydrogens is 593 g/mol. The molecule has 234 valence electrons. The van der Waals surface area contributed by atoms with E-state index in [1.165, 1.54) is 0 Å². The van der Waals surface area contributed by atoms with Crippen LogP contribution >= 0.6 is 0 Å². The van der Waals surface area contributed by atoms with Crippen LogP contribution in [0.15, 0.2) is 0 Å². The molecule has 0 aromatic heterocycles. The van der Waals surface area contributed by atoms with Crippen molar-refractivity contribution in [1.29, 1.82) is 0 Å². The van der Waals surface area contributed by atoms with E-state index < -0.39 is 60.1 Å². The number of carbonyl (C=O) groups excluding carboxylic acids is 1. The minimum absolute atomic E-state index is 0.166. The third-order valence-electron chi connectivity index (χ3n) is 5.57. The van der Waals surface area contributed by atoms with E-state index in [0.29, 0.717) is 12.8 Å². The number of amides is 1. The zero-order valence-corrected chi connectivity index (χ0v) is 19.9. The van der Waals surface area contributed by atoms with Gasteiger partial charge >= 0.3 is 47.6 Å². The number of hydrogen-bond donors (Lipinski definition) is 1. The highest BCUT2D eigenvalue weighted by atomic mass is 19.4. The molecule has 0 rings (SSSR count). The maximum absolute atomic E-state index is 13.8. The average Bonchev–Trinajstić information content (AvgIpc) is 2.78. The fourth-order valence-electron chi connectivity index (χ4n) is 3.06. The Balaban J connectivity index is 5.67. The number of nitrogens with one attached hydrogen (secondary N) is 1. The highest BCUT2D eigenvalue weighted by molar-refractivity contribution is 5.84. The molecule has 0 aromatic rings. The van der Waals surface area contributed by atoms with Gasteiger partial charge in [-0.15, -0.1) is 0 Å². The second-order valence-electron chi connectivity index (χ2n) is 8.60. The number of halogens is 17. The van der Waals surface area contributed by atoms with Crippen molar-refractivity contribution in [2.24, 2.45) is 0 Å². The Morgan fingerprint density at radius 2 is 0.769 bits per heavy atom. The first-order valence-corrected chi connectivity index (χ1v) is 11.2. The lowest BCUT2D eigenvalue weighted by molar-refractivity contribution is -0.459. The highest BCUT2D eigenvalue weighted by Crippen LogP contribution is 2.63. The molecule has 0 heterocycles. The van der Waals surface area contributed by atoms with Crippen LogP contribution in [0.4, 0.5) is 74.6 Å². The Bertz CT molecular complexity index is 792. The molecule has 0 aliphatic heterocycles. The Labute approximate surface area is 210 Å². The Morgan fingerprint density at radius 3 is 1.13 bits per heavy atom. The second-order valence-corrected chi connectivity index (χ2v) is 8.60. The van der Waals surface area contributed by atoms with Gasteiger partial charge in [0.05, 0.1) is 0 Å². The summed E-state index contributed by atoms with van der Waals surface area (Å²) in [5.41, 5.74) is 0. The number of rotatable bonds is 17. The molecule has 0 aliphatic carbocycles. The topological polar surface area (TPSA) is 29.1 Å². The predicted octanol–water partition coefficient (Wildman–Crippen LogP) is 8.64. The van der Waals surface area contributed by atoms with Crippen molar-refractivity contribution in [3.8, 4) is 0 Å². The van der Waals surface area contributed by atoms with Crippen LogP contribution in [-0.4, -0.2) is 60.1 Å². The molecule has 39 heavy (non-hydrogen) atoms. The van der Waals surface area contributed by atoms with Crippen LogP contribution in [0.3, 0.4) is 0 Å². The van der Waals surface area contributed by atoms with Gasteiger partial charge in [0.2, 0.25) is 0 Å². The number of hydrogen-bond acceptors (Lipinski definition) is 1.